The summed E-state index contributed by atoms with van der Waals surface area (Å²) in [5.41, 5.74) is 11.6. The molecule has 7 aromatic carbocycles. The molecule has 3 heteroatoms. The Bertz CT molecular complexity index is 2760. The second-order valence-electron chi connectivity index (χ2n) is 11.7. The summed E-state index contributed by atoms with van der Waals surface area (Å²) < 4.78 is 15.2. The minimum atomic E-state index is 0.893. The lowest BCUT2D eigenvalue weighted by Crippen LogP contribution is -1.94. The molecule has 0 saturated carbocycles. The van der Waals surface area contributed by atoms with Crippen LogP contribution in [0.5, 0.6) is 0 Å². The fourth-order valence-electron chi connectivity index (χ4n) is 7.09. The molecule has 10 rings (SSSR count). The van der Waals surface area contributed by atoms with Gasteiger partial charge in [0.15, 0.2) is 5.58 Å². The van der Waals surface area contributed by atoms with E-state index in [2.05, 4.69) is 138 Å². The van der Waals surface area contributed by atoms with Crippen molar-refractivity contribution in [2.75, 3.05) is 0 Å². The Hall–Kier alpha value is -6.06. The molecule has 3 heterocycles. The number of para-hydroxylation sites is 2. The van der Waals surface area contributed by atoms with Crippen molar-refractivity contribution in [2.45, 2.75) is 0 Å². The van der Waals surface area contributed by atoms with Crippen LogP contribution in [-0.2, 0) is 0 Å². The van der Waals surface area contributed by atoms with E-state index >= 15 is 0 Å². The molecular weight excluding hydrogens is 550 g/mol. The molecular formula is C42H25NO2. The van der Waals surface area contributed by atoms with Gasteiger partial charge in [0.25, 0.3) is 0 Å². The molecule has 3 aromatic heterocycles. The van der Waals surface area contributed by atoms with Gasteiger partial charge in [-0.15, -0.1) is 0 Å². The topological polar surface area (TPSA) is 31.2 Å². The molecule has 0 bridgehead atoms. The van der Waals surface area contributed by atoms with Gasteiger partial charge in [0.2, 0.25) is 0 Å². The summed E-state index contributed by atoms with van der Waals surface area (Å²) in [4.78, 5) is 0. The third-order valence-corrected chi connectivity index (χ3v) is 9.19. The average molecular weight is 576 g/mol. The molecule has 0 radical (unpaired) electrons. The second-order valence-corrected chi connectivity index (χ2v) is 11.7. The van der Waals surface area contributed by atoms with Crippen molar-refractivity contribution >= 4 is 65.7 Å². The quantitative estimate of drug-likeness (QED) is 0.210. The van der Waals surface area contributed by atoms with E-state index in [-0.39, 0.29) is 0 Å². The van der Waals surface area contributed by atoms with E-state index in [9.17, 15) is 0 Å². The number of furan rings is 2. The number of hydrogen-bond acceptors (Lipinski definition) is 2. The number of rotatable bonds is 3. The molecule has 0 aliphatic rings. The van der Waals surface area contributed by atoms with E-state index in [4.69, 9.17) is 8.83 Å². The van der Waals surface area contributed by atoms with Gasteiger partial charge >= 0.3 is 0 Å². The largest absolute Gasteiger partial charge is 0.456 e. The zero-order valence-electron chi connectivity index (χ0n) is 24.2. The Labute approximate surface area is 258 Å². The third-order valence-electron chi connectivity index (χ3n) is 9.19. The first-order chi connectivity index (χ1) is 22.3. The fourth-order valence-corrected chi connectivity index (χ4v) is 7.09. The van der Waals surface area contributed by atoms with Gasteiger partial charge in [-0.2, -0.15) is 0 Å². The summed E-state index contributed by atoms with van der Waals surface area (Å²) >= 11 is 0. The van der Waals surface area contributed by atoms with Crippen LogP contribution in [-0.4, -0.2) is 4.57 Å². The molecule has 210 valence electrons. The highest BCUT2D eigenvalue weighted by molar-refractivity contribution is 6.21. The van der Waals surface area contributed by atoms with Crippen molar-refractivity contribution in [3.8, 4) is 27.9 Å². The highest BCUT2D eigenvalue weighted by Crippen LogP contribution is 2.41. The Morgan fingerprint density at radius 2 is 0.978 bits per heavy atom. The lowest BCUT2D eigenvalue weighted by atomic mass is 10.00. The molecule has 45 heavy (non-hydrogen) atoms. The van der Waals surface area contributed by atoms with Crippen molar-refractivity contribution in [2.24, 2.45) is 0 Å². The Kier molecular flexibility index (Phi) is 5.00. The molecule has 0 saturated heterocycles. The van der Waals surface area contributed by atoms with Crippen LogP contribution in [0.25, 0.3) is 93.6 Å². The number of nitrogens with zero attached hydrogens (tertiary/aromatic N) is 1. The highest BCUT2D eigenvalue weighted by Gasteiger charge is 2.19. The third kappa shape index (κ3) is 3.58. The summed E-state index contributed by atoms with van der Waals surface area (Å²) in [6, 6.07) is 53.6. The molecule has 0 aliphatic heterocycles. The number of hydrogen-bond donors (Lipinski definition) is 0. The van der Waals surface area contributed by atoms with E-state index in [1.807, 2.05) is 18.2 Å². The first kappa shape index (κ1) is 24.4. The van der Waals surface area contributed by atoms with Crippen molar-refractivity contribution in [3.05, 3.63) is 152 Å². The van der Waals surface area contributed by atoms with Gasteiger partial charge < -0.3 is 13.4 Å². The van der Waals surface area contributed by atoms with Gasteiger partial charge in [0, 0.05) is 38.0 Å². The van der Waals surface area contributed by atoms with E-state index in [0.29, 0.717) is 0 Å². The standard InChI is InChI=1S/C42H25NO2/c1-2-9-26(10-3-1)28-17-21-39-35(24-28)36-25-29(18-22-40(36)44-39)27-11-8-12-30(23-27)43-37-15-6-4-13-31(37)33-19-20-34-32-14-5-7-16-38(32)45-42(34)41(33)43/h1-25H. The summed E-state index contributed by atoms with van der Waals surface area (Å²) in [7, 11) is 0. The lowest BCUT2D eigenvalue weighted by Gasteiger charge is -2.11. The van der Waals surface area contributed by atoms with Crippen LogP contribution in [0, 0.1) is 0 Å². The predicted octanol–water partition coefficient (Wildman–Crippen LogP) is 11.9. The van der Waals surface area contributed by atoms with Crippen molar-refractivity contribution in [1.29, 1.82) is 0 Å². The molecule has 0 unspecified atom stereocenters. The van der Waals surface area contributed by atoms with Crippen LogP contribution >= 0.6 is 0 Å². The van der Waals surface area contributed by atoms with Gasteiger partial charge in [-0.1, -0.05) is 97.1 Å². The Morgan fingerprint density at radius 3 is 1.80 bits per heavy atom. The Balaban J connectivity index is 1.18. The van der Waals surface area contributed by atoms with Gasteiger partial charge in [0.05, 0.1) is 11.0 Å². The van der Waals surface area contributed by atoms with E-state index in [0.717, 1.165) is 71.7 Å². The maximum absolute atomic E-state index is 6.56. The summed E-state index contributed by atoms with van der Waals surface area (Å²) in [6.07, 6.45) is 0. The van der Waals surface area contributed by atoms with Crippen molar-refractivity contribution < 1.29 is 8.83 Å². The number of fused-ring (bicyclic) bond motifs is 10. The van der Waals surface area contributed by atoms with Crippen LogP contribution in [0.3, 0.4) is 0 Å². The maximum atomic E-state index is 6.56. The van der Waals surface area contributed by atoms with Crippen molar-refractivity contribution in [1.82, 2.24) is 4.57 Å². The summed E-state index contributed by atoms with van der Waals surface area (Å²) in [5.74, 6) is 0. The van der Waals surface area contributed by atoms with E-state index < -0.39 is 0 Å². The van der Waals surface area contributed by atoms with Gasteiger partial charge in [-0.25, -0.2) is 0 Å². The van der Waals surface area contributed by atoms with Crippen LogP contribution in [0.15, 0.2) is 160 Å². The summed E-state index contributed by atoms with van der Waals surface area (Å²) in [6.45, 7) is 0. The molecule has 0 aliphatic carbocycles. The SMILES string of the molecule is c1ccc(-c2ccc3oc4ccc(-c5cccc(-n6c7ccccc7c7ccc8c9ccccc9oc8c76)c5)cc4c3c2)cc1. The first-order valence-corrected chi connectivity index (χ1v) is 15.3. The lowest BCUT2D eigenvalue weighted by molar-refractivity contribution is 0.669. The van der Waals surface area contributed by atoms with Gasteiger partial charge in [0.1, 0.15) is 16.7 Å². The minimum Gasteiger partial charge on any atom is -0.456 e. The smallest absolute Gasteiger partial charge is 0.160 e. The molecule has 3 nitrogen and oxygen atoms in total. The molecule has 10 aromatic rings. The second kappa shape index (κ2) is 9.22. The number of aromatic nitrogens is 1. The van der Waals surface area contributed by atoms with Crippen LogP contribution < -0.4 is 0 Å². The average Bonchev–Trinajstić information content (AvgIpc) is 3.77. The molecule has 0 N–H and O–H groups in total. The molecule has 0 spiro atoms. The van der Waals surface area contributed by atoms with Gasteiger partial charge in [-0.3, -0.25) is 0 Å². The maximum Gasteiger partial charge on any atom is 0.160 e. The van der Waals surface area contributed by atoms with Crippen LogP contribution in [0.1, 0.15) is 0 Å². The van der Waals surface area contributed by atoms with E-state index in [1.54, 1.807) is 0 Å². The van der Waals surface area contributed by atoms with Crippen molar-refractivity contribution in [3.63, 3.8) is 0 Å². The summed E-state index contributed by atoms with van der Waals surface area (Å²) in [5, 5.41) is 6.90. The first-order valence-electron chi connectivity index (χ1n) is 15.3. The monoisotopic (exact) mass is 575 g/mol. The van der Waals surface area contributed by atoms with Crippen LogP contribution in [0.4, 0.5) is 0 Å². The zero-order chi connectivity index (χ0) is 29.5. The zero-order valence-corrected chi connectivity index (χ0v) is 24.2. The highest BCUT2D eigenvalue weighted by atomic mass is 16.3. The minimum absolute atomic E-state index is 0.893. The van der Waals surface area contributed by atoms with Crippen LogP contribution in [0.2, 0.25) is 0 Å². The fraction of sp³-hybridized carbons (Fsp3) is 0. The molecule has 0 fully saturated rings. The normalized spacial score (nSPS) is 12.0. The number of benzene rings is 7. The molecule has 0 atom stereocenters. The van der Waals surface area contributed by atoms with Gasteiger partial charge in [-0.05, 0) is 76.9 Å². The molecule has 0 amide bonds. The van der Waals surface area contributed by atoms with E-state index in [1.165, 1.54) is 21.9 Å². The predicted molar refractivity (Wildman–Crippen MR) is 186 cm³/mol. The Morgan fingerprint density at radius 1 is 0.356 bits per heavy atom.